The van der Waals surface area contributed by atoms with Crippen LogP contribution in [0.1, 0.15) is 31.5 Å². The Morgan fingerprint density at radius 2 is 1.94 bits per heavy atom. The highest BCUT2D eigenvalue weighted by Crippen LogP contribution is 2.39. The van der Waals surface area contributed by atoms with E-state index >= 15 is 0 Å². The van der Waals surface area contributed by atoms with Crippen LogP contribution in [0.5, 0.6) is 5.75 Å². The SMILES string of the molecule is CC1CN(CCCOc2ccc(-c3cc4c(ncn4C)c(C#N)n3)cc2C(F)(F)F)CC(C)O1. The van der Waals surface area contributed by atoms with E-state index < -0.39 is 11.7 Å². The van der Waals surface area contributed by atoms with Gasteiger partial charge < -0.3 is 14.0 Å². The van der Waals surface area contributed by atoms with Gasteiger partial charge in [0.15, 0.2) is 5.69 Å². The lowest BCUT2D eigenvalue weighted by Crippen LogP contribution is -2.45. The van der Waals surface area contributed by atoms with Crippen molar-refractivity contribution in [3.8, 4) is 23.1 Å². The van der Waals surface area contributed by atoms with Crippen LogP contribution in [-0.2, 0) is 18.0 Å². The summed E-state index contributed by atoms with van der Waals surface area (Å²) in [5, 5.41) is 9.42. The monoisotopic (exact) mass is 473 g/mol. The maximum absolute atomic E-state index is 13.9. The number of fused-ring (bicyclic) bond motifs is 1. The molecule has 1 saturated heterocycles. The number of ether oxygens (including phenoxy) is 2. The van der Waals surface area contributed by atoms with Crippen LogP contribution in [0.4, 0.5) is 13.2 Å². The number of aromatic nitrogens is 3. The molecule has 3 heterocycles. The van der Waals surface area contributed by atoms with Gasteiger partial charge in [0.1, 0.15) is 17.3 Å². The van der Waals surface area contributed by atoms with Crippen molar-refractivity contribution in [2.45, 2.75) is 38.7 Å². The molecule has 0 aliphatic carbocycles. The smallest absolute Gasteiger partial charge is 0.419 e. The zero-order chi connectivity index (χ0) is 24.5. The van der Waals surface area contributed by atoms with Gasteiger partial charge in [0, 0.05) is 32.2 Å². The van der Waals surface area contributed by atoms with Crippen LogP contribution in [0.25, 0.3) is 22.3 Å². The molecule has 0 N–H and O–H groups in total. The van der Waals surface area contributed by atoms with Crippen molar-refractivity contribution in [1.82, 2.24) is 19.4 Å². The summed E-state index contributed by atoms with van der Waals surface area (Å²) in [6, 6.07) is 7.47. The molecule has 0 spiro atoms. The van der Waals surface area contributed by atoms with Crippen molar-refractivity contribution in [1.29, 1.82) is 5.26 Å². The Bertz CT molecular complexity index is 1210. The average molecular weight is 473 g/mol. The van der Waals surface area contributed by atoms with Crippen molar-refractivity contribution < 1.29 is 22.6 Å². The third kappa shape index (κ3) is 5.16. The lowest BCUT2D eigenvalue weighted by atomic mass is 10.1. The lowest BCUT2D eigenvalue weighted by Gasteiger charge is -2.35. The minimum absolute atomic E-state index is 0.0636. The van der Waals surface area contributed by atoms with E-state index in [1.807, 2.05) is 19.9 Å². The molecule has 2 atom stereocenters. The van der Waals surface area contributed by atoms with Crippen LogP contribution in [0.3, 0.4) is 0 Å². The molecule has 7 nitrogen and oxygen atoms in total. The third-order valence-corrected chi connectivity index (χ3v) is 5.77. The topological polar surface area (TPSA) is 76.2 Å². The van der Waals surface area contributed by atoms with Gasteiger partial charge in [-0.3, -0.25) is 4.90 Å². The van der Waals surface area contributed by atoms with Crippen molar-refractivity contribution in [3.63, 3.8) is 0 Å². The van der Waals surface area contributed by atoms with Gasteiger partial charge in [0.05, 0.1) is 41.9 Å². The molecule has 4 rings (SSSR count). The van der Waals surface area contributed by atoms with Gasteiger partial charge >= 0.3 is 6.18 Å². The standard InChI is InChI=1S/C24H26F3N5O2/c1-15-12-32(13-16(2)34-15)7-4-8-33-22-6-5-17(9-18(22)24(25,26)27)19-10-21-23(20(11-28)30-19)29-14-31(21)3/h5-6,9-10,14-16H,4,7-8,12-13H2,1-3H3. The highest BCUT2D eigenvalue weighted by molar-refractivity contribution is 5.84. The summed E-state index contributed by atoms with van der Waals surface area (Å²) in [5.74, 6) is -0.220. The Balaban J connectivity index is 1.53. The lowest BCUT2D eigenvalue weighted by molar-refractivity contribution is -0.138. The van der Waals surface area contributed by atoms with Gasteiger partial charge in [0.25, 0.3) is 0 Å². The predicted molar refractivity (Wildman–Crippen MR) is 120 cm³/mol. The van der Waals surface area contributed by atoms with Crippen LogP contribution in [0.2, 0.25) is 0 Å². The first-order valence-electron chi connectivity index (χ1n) is 11.1. The normalized spacial score (nSPS) is 19.3. The fourth-order valence-electron chi connectivity index (χ4n) is 4.33. The molecule has 3 aromatic rings. The van der Waals surface area contributed by atoms with Crippen molar-refractivity contribution in [2.75, 3.05) is 26.2 Å². The Kier molecular flexibility index (Phi) is 6.77. The Labute approximate surface area is 195 Å². The van der Waals surface area contributed by atoms with Gasteiger partial charge in [-0.1, -0.05) is 0 Å². The zero-order valence-corrected chi connectivity index (χ0v) is 19.3. The molecular formula is C24H26F3N5O2. The first kappa shape index (κ1) is 24.0. The molecule has 2 unspecified atom stereocenters. The summed E-state index contributed by atoms with van der Waals surface area (Å²) < 4.78 is 54.5. The molecule has 1 aromatic carbocycles. The maximum atomic E-state index is 13.9. The highest BCUT2D eigenvalue weighted by Gasteiger charge is 2.35. The number of pyridine rings is 1. The van der Waals surface area contributed by atoms with E-state index in [-0.39, 0.29) is 41.5 Å². The maximum Gasteiger partial charge on any atom is 0.419 e. The second kappa shape index (κ2) is 9.60. The molecule has 0 amide bonds. The van der Waals surface area contributed by atoms with E-state index in [1.165, 1.54) is 18.5 Å². The summed E-state index contributed by atoms with van der Waals surface area (Å²) in [4.78, 5) is 10.6. The molecule has 0 radical (unpaired) electrons. The van der Waals surface area contributed by atoms with Crippen LogP contribution in [0, 0.1) is 11.3 Å². The van der Waals surface area contributed by atoms with Crippen LogP contribution in [0.15, 0.2) is 30.6 Å². The summed E-state index contributed by atoms with van der Waals surface area (Å²) in [7, 11) is 1.75. The van der Waals surface area contributed by atoms with E-state index in [0.29, 0.717) is 17.5 Å². The Morgan fingerprint density at radius 3 is 2.62 bits per heavy atom. The second-order valence-corrected chi connectivity index (χ2v) is 8.62. The minimum atomic E-state index is -4.60. The van der Waals surface area contributed by atoms with Crippen molar-refractivity contribution in [3.05, 3.63) is 41.9 Å². The number of hydrogen-bond acceptors (Lipinski definition) is 6. The molecule has 1 fully saturated rings. The average Bonchev–Trinajstić information content (AvgIpc) is 3.15. The largest absolute Gasteiger partial charge is 0.493 e. The predicted octanol–water partition coefficient (Wildman–Crippen LogP) is 4.40. The number of rotatable bonds is 6. The second-order valence-electron chi connectivity index (χ2n) is 8.62. The molecule has 0 saturated carbocycles. The van der Waals surface area contributed by atoms with E-state index in [0.717, 1.165) is 25.7 Å². The number of nitriles is 1. The fraction of sp³-hybridized carbons (Fsp3) is 0.458. The fourth-order valence-corrected chi connectivity index (χ4v) is 4.33. The number of imidazole rings is 1. The van der Waals surface area contributed by atoms with Crippen molar-refractivity contribution in [2.24, 2.45) is 7.05 Å². The van der Waals surface area contributed by atoms with E-state index in [2.05, 4.69) is 14.9 Å². The number of alkyl halides is 3. The zero-order valence-electron chi connectivity index (χ0n) is 19.3. The number of halogens is 3. The van der Waals surface area contributed by atoms with Gasteiger partial charge in [-0.05, 0) is 44.5 Å². The number of benzene rings is 1. The molecule has 0 bridgehead atoms. The molecular weight excluding hydrogens is 447 g/mol. The third-order valence-electron chi connectivity index (χ3n) is 5.77. The summed E-state index contributed by atoms with van der Waals surface area (Å²) in [6.45, 7) is 6.51. The first-order chi connectivity index (χ1) is 16.2. The number of aryl methyl sites for hydroxylation is 1. The molecule has 34 heavy (non-hydrogen) atoms. The molecule has 180 valence electrons. The van der Waals surface area contributed by atoms with Crippen LogP contribution >= 0.6 is 0 Å². The summed E-state index contributed by atoms with van der Waals surface area (Å²) in [6.07, 6.45) is -2.20. The molecule has 10 heteroatoms. The van der Waals surface area contributed by atoms with Gasteiger partial charge in [-0.2, -0.15) is 18.4 Å². The number of nitrogens with zero attached hydrogens (tertiary/aromatic N) is 5. The van der Waals surface area contributed by atoms with Gasteiger partial charge in [0.2, 0.25) is 0 Å². The van der Waals surface area contributed by atoms with E-state index in [9.17, 15) is 18.4 Å². The number of hydrogen-bond donors (Lipinski definition) is 0. The minimum Gasteiger partial charge on any atom is -0.493 e. The molecule has 1 aliphatic rings. The first-order valence-corrected chi connectivity index (χ1v) is 11.1. The molecule has 1 aliphatic heterocycles. The quantitative estimate of drug-likeness (QED) is 0.494. The molecule has 2 aromatic heterocycles. The summed E-state index contributed by atoms with van der Waals surface area (Å²) >= 11 is 0. The Morgan fingerprint density at radius 1 is 1.21 bits per heavy atom. The van der Waals surface area contributed by atoms with E-state index in [4.69, 9.17) is 9.47 Å². The summed E-state index contributed by atoms with van der Waals surface area (Å²) in [5.41, 5.74) is 0.726. The van der Waals surface area contributed by atoms with Gasteiger partial charge in [-0.25, -0.2) is 9.97 Å². The number of morpholine rings is 1. The van der Waals surface area contributed by atoms with Crippen LogP contribution < -0.4 is 4.74 Å². The van der Waals surface area contributed by atoms with Crippen molar-refractivity contribution >= 4 is 11.0 Å². The Hall–Kier alpha value is -3.16. The van der Waals surface area contributed by atoms with E-state index in [1.54, 1.807) is 17.7 Å². The highest BCUT2D eigenvalue weighted by atomic mass is 19.4. The van der Waals surface area contributed by atoms with Gasteiger partial charge in [-0.15, -0.1) is 0 Å². The van der Waals surface area contributed by atoms with Crippen LogP contribution in [-0.4, -0.2) is 57.9 Å².